The largest absolute Gasteiger partial charge is 0.357 e. The molecule has 2 aliphatic rings. The maximum Gasteiger partial charge on any atom is 0.243 e. The minimum Gasteiger partial charge on any atom is -0.357 e. The van der Waals surface area contributed by atoms with Crippen LogP contribution in [0.4, 0.5) is 0 Å². The molecule has 2 fully saturated rings. The van der Waals surface area contributed by atoms with Gasteiger partial charge in [0, 0.05) is 29.7 Å². The molecule has 2 aromatic carbocycles. The number of likely N-dealkylation sites (N-methyl/N-ethyl adjacent to an activating group) is 1. The second-order valence-corrected chi connectivity index (χ2v) is 8.47. The fraction of sp³-hybridized carbons (Fsp3) is 0.360. The van der Waals surface area contributed by atoms with Crippen molar-refractivity contribution in [2.75, 3.05) is 7.05 Å². The van der Waals surface area contributed by atoms with Gasteiger partial charge in [-0.15, -0.1) is 0 Å². The molecule has 154 valence electrons. The van der Waals surface area contributed by atoms with Gasteiger partial charge in [0.15, 0.2) is 0 Å². The molecule has 5 rings (SSSR count). The van der Waals surface area contributed by atoms with E-state index in [9.17, 15) is 9.59 Å². The van der Waals surface area contributed by atoms with Gasteiger partial charge in [-0.05, 0) is 42.9 Å². The molecule has 1 aliphatic heterocycles. The highest BCUT2D eigenvalue weighted by Gasteiger charge is 2.48. The maximum absolute atomic E-state index is 13.6. The summed E-state index contributed by atoms with van der Waals surface area (Å²) < 4.78 is 2.11. The van der Waals surface area contributed by atoms with Gasteiger partial charge in [-0.1, -0.05) is 55.0 Å². The van der Waals surface area contributed by atoms with E-state index >= 15 is 0 Å². The van der Waals surface area contributed by atoms with E-state index in [2.05, 4.69) is 40.2 Å². The van der Waals surface area contributed by atoms with Crippen LogP contribution in [-0.2, 0) is 16.1 Å². The van der Waals surface area contributed by atoms with Crippen LogP contribution in [0.1, 0.15) is 25.7 Å². The van der Waals surface area contributed by atoms with Crippen LogP contribution in [0.2, 0.25) is 0 Å². The van der Waals surface area contributed by atoms with E-state index in [-0.39, 0.29) is 30.4 Å². The summed E-state index contributed by atoms with van der Waals surface area (Å²) in [5.41, 5.74) is 3.16. The first kappa shape index (κ1) is 18.9. The molecule has 0 unspecified atom stereocenters. The number of rotatable bonds is 4. The zero-order chi connectivity index (χ0) is 20.7. The molecule has 30 heavy (non-hydrogen) atoms. The van der Waals surface area contributed by atoms with Crippen LogP contribution in [0, 0.1) is 5.92 Å². The smallest absolute Gasteiger partial charge is 0.243 e. The molecule has 1 aliphatic carbocycles. The lowest BCUT2D eigenvalue weighted by atomic mass is 10.0. The Labute approximate surface area is 176 Å². The van der Waals surface area contributed by atoms with Gasteiger partial charge in [-0.25, -0.2) is 0 Å². The second-order valence-electron chi connectivity index (χ2n) is 8.47. The average molecular weight is 402 g/mol. The first-order valence-electron chi connectivity index (χ1n) is 10.8. The second kappa shape index (κ2) is 7.63. The number of carbonyl (C=O) groups excluding carboxylic acids is 2. The van der Waals surface area contributed by atoms with Crippen molar-refractivity contribution in [1.82, 2.24) is 14.8 Å². The highest BCUT2D eigenvalue weighted by Crippen LogP contribution is 2.41. The van der Waals surface area contributed by atoms with Crippen molar-refractivity contribution in [1.29, 1.82) is 0 Å². The van der Waals surface area contributed by atoms with Gasteiger partial charge in [0.2, 0.25) is 11.8 Å². The monoisotopic (exact) mass is 401 g/mol. The van der Waals surface area contributed by atoms with Crippen LogP contribution < -0.4 is 5.32 Å². The fourth-order valence-corrected chi connectivity index (χ4v) is 5.49. The zero-order valence-electron chi connectivity index (χ0n) is 17.3. The standard InChI is InChI=1S/C25H27N3O2/c1-26-25(30)23-15-19-11-7-13-21(19)28(23)24(29)16-27-20-12-6-5-10-18(20)14-22(27)17-8-3-2-4-9-17/h2-6,8-10,12,14,19,21,23H,7,11,13,15-16H2,1H3,(H,26,30)/t19-,21-,23-/m0/s1. The summed E-state index contributed by atoms with van der Waals surface area (Å²) in [7, 11) is 1.66. The molecule has 3 aromatic rings. The number of benzene rings is 2. The third-order valence-electron chi connectivity index (χ3n) is 6.85. The molecular weight excluding hydrogens is 374 g/mol. The summed E-state index contributed by atoms with van der Waals surface area (Å²) in [5, 5.41) is 3.88. The lowest BCUT2D eigenvalue weighted by Gasteiger charge is -2.29. The number of hydrogen-bond acceptors (Lipinski definition) is 2. The Hall–Kier alpha value is -3.08. The van der Waals surface area contributed by atoms with Crippen LogP contribution >= 0.6 is 0 Å². The molecule has 2 heterocycles. The Kier molecular flexibility index (Phi) is 4.81. The molecule has 3 atom stereocenters. The summed E-state index contributed by atoms with van der Waals surface area (Å²) in [6.07, 6.45) is 4.04. The van der Waals surface area contributed by atoms with Crippen LogP contribution in [0.15, 0.2) is 60.7 Å². The Bertz CT molecular complexity index is 1090. The number of para-hydroxylation sites is 1. The van der Waals surface area contributed by atoms with Gasteiger partial charge in [0.05, 0.1) is 0 Å². The molecule has 1 N–H and O–H groups in total. The van der Waals surface area contributed by atoms with Crippen molar-refractivity contribution in [3.8, 4) is 11.3 Å². The first-order valence-corrected chi connectivity index (χ1v) is 10.8. The fourth-order valence-electron chi connectivity index (χ4n) is 5.49. The normalized spacial score (nSPS) is 23.0. The van der Waals surface area contributed by atoms with E-state index in [0.29, 0.717) is 5.92 Å². The van der Waals surface area contributed by atoms with Crippen molar-refractivity contribution >= 4 is 22.7 Å². The number of aromatic nitrogens is 1. The first-order chi connectivity index (χ1) is 14.7. The molecule has 0 spiro atoms. The summed E-state index contributed by atoms with van der Waals surface area (Å²) in [4.78, 5) is 28.1. The van der Waals surface area contributed by atoms with Gasteiger partial charge in [-0.2, -0.15) is 0 Å². The molecule has 5 nitrogen and oxygen atoms in total. The lowest BCUT2D eigenvalue weighted by Crippen LogP contribution is -2.49. The van der Waals surface area contributed by atoms with E-state index in [0.717, 1.165) is 47.8 Å². The molecule has 5 heteroatoms. The third-order valence-corrected chi connectivity index (χ3v) is 6.85. The molecule has 2 amide bonds. The summed E-state index contributed by atoms with van der Waals surface area (Å²) >= 11 is 0. The van der Waals surface area contributed by atoms with Crippen molar-refractivity contribution in [2.45, 2.75) is 44.3 Å². The number of nitrogens with zero attached hydrogens (tertiary/aromatic N) is 2. The number of fused-ring (bicyclic) bond motifs is 2. The molecule has 1 aromatic heterocycles. The average Bonchev–Trinajstić information content (AvgIpc) is 3.47. The Morgan fingerprint density at radius 1 is 1.03 bits per heavy atom. The topological polar surface area (TPSA) is 54.3 Å². The van der Waals surface area contributed by atoms with Crippen LogP contribution in [0.3, 0.4) is 0 Å². The minimum atomic E-state index is -0.347. The molecule has 1 saturated heterocycles. The highest BCUT2D eigenvalue weighted by molar-refractivity contribution is 5.92. The number of likely N-dealkylation sites (tertiary alicyclic amines) is 1. The maximum atomic E-state index is 13.6. The number of amides is 2. The Morgan fingerprint density at radius 2 is 1.80 bits per heavy atom. The summed E-state index contributed by atoms with van der Waals surface area (Å²) in [6, 6.07) is 20.4. The highest BCUT2D eigenvalue weighted by atomic mass is 16.2. The van der Waals surface area contributed by atoms with Crippen LogP contribution in [-0.4, -0.2) is 40.4 Å². The Balaban J connectivity index is 1.53. The summed E-state index contributed by atoms with van der Waals surface area (Å²) in [5.74, 6) is 0.446. The number of carbonyl (C=O) groups is 2. The van der Waals surface area contributed by atoms with Crippen molar-refractivity contribution in [3.63, 3.8) is 0 Å². The SMILES string of the molecule is CNC(=O)[C@@H]1C[C@@H]2CCC[C@@H]2N1C(=O)Cn1c(-c2ccccc2)cc2ccccc21. The Morgan fingerprint density at radius 3 is 2.60 bits per heavy atom. The minimum absolute atomic E-state index is 0.0385. The molecular formula is C25H27N3O2. The van der Waals surface area contributed by atoms with E-state index in [1.807, 2.05) is 35.2 Å². The quantitative estimate of drug-likeness (QED) is 0.723. The molecule has 0 radical (unpaired) electrons. The van der Waals surface area contributed by atoms with Gasteiger partial charge in [0.1, 0.15) is 12.6 Å². The lowest BCUT2D eigenvalue weighted by molar-refractivity contribution is -0.140. The number of hydrogen-bond donors (Lipinski definition) is 1. The van der Waals surface area contributed by atoms with Gasteiger partial charge in [-0.3, -0.25) is 9.59 Å². The molecule has 1 saturated carbocycles. The van der Waals surface area contributed by atoms with E-state index < -0.39 is 0 Å². The van der Waals surface area contributed by atoms with Crippen molar-refractivity contribution < 1.29 is 9.59 Å². The predicted octanol–water partition coefficient (Wildman–Crippen LogP) is 3.82. The zero-order valence-corrected chi connectivity index (χ0v) is 17.3. The van der Waals surface area contributed by atoms with Crippen molar-refractivity contribution in [2.24, 2.45) is 5.92 Å². The van der Waals surface area contributed by atoms with Gasteiger partial charge >= 0.3 is 0 Å². The number of nitrogens with one attached hydrogen (secondary N) is 1. The van der Waals surface area contributed by atoms with Gasteiger partial charge in [0.25, 0.3) is 0 Å². The van der Waals surface area contributed by atoms with E-state index in [1.54, 1.807) is 7.05 Å². The van der Waals surface area contributed by atoms with Gasteiger partial charge < -0.3 is 14.8 Å². The third kappa shape index (κ3) is 3.09. The predicted molar refractivity (Wildman–Crippen MR) is 118 cm³/mol. The van der Waals surface area contributed by atoms with Crippen LogP contribution in [0.5, 0.6) is 0 Å². The van der Waals surface area contributed by atoms with E-state index in [1.165, 1.54) is 0 Å². The molecule has 0 bridgehead atoms. The van der Waals surface area contributed by atoms with Crippen molar-refractivity contribution in [3.05, 3.63) is 60.7 Å². The van der Waals surface area contributed by atoms with E-state index in [4.69, 9.17) is 0 Å². The van der Waals surface area contributed by atoms with Crippen LogP contribution in [0.25, 0.3) is 22.2 Å². The summed E-state index contributed by atoms with van der Waals surface area (Å²) in [6.45, 7) is 0.244.